The molecule has 0 radical (unpaired) electrons. The molecule has 3 N–H and O–H groups in total. The van der Waals surface area contributed by atoms with E-state index in [9.17, 15) is 0 Å². The Kier molecular flexibility index (Phi) is 4.29. The number of nitrogens with zero attached hydrogens (tertiary/aromatic N) is 6. The largest absolute Gasteiger partial charge is 0.369 e. The second-order valence-electron chi connectivity index (χ2n) is 8.68. The number of rotatable bonds is 3. The first-order chi connectivity index (χ1) is 15.1. The van der Waals surface area contributed by atoms with Crippen LogP contribution in [0.2, 0.25) is 0 Å². The lowest BCUT2D eigenvalue weighted by atomic mass is 10.0. The van der Waals surface area contributed by atoms with Crippen molar-refractivity contribution in [3.63, 3.8) is 0 Å². The van der Waals surface area contributed by atoms with E-state index in [1.54, 1.807) is 0 Å². The molecule has 1 aromatic carbocycles. The number of imidazole rings is 1. The molecule has 2 aliphatic heterocycles. The number of anilines is 2. The van der Waals surface area contributed by atoms with Crippen LogP contribution in [0.25, 0.3) is 33.3 Å². The third-order valence-electron chi connectivity index (χ3n) is 6.60. The summed E-state index contributed by atoms with van der Waals surface area (Å²) >= 11 is 0. The van der Waals surface area contributed by atoms with Crippen LogP contribution >= 0.6 is 0 Å². The van der Waals surface area contributed by atoms with Crippen LogP contribution in [-0.2, 0) is 0 Å². The van der Waals surface area contributed by atoms with Crippen molar-refractivity contribution in [3.05, 3.63) is 42.6 Å². The summed E-state index contributed by atoms with van der Waals surface area (Å²) in [5, 5.41) is 0. The van der Waals surface area contributed by atoms with E-state index < -0.39 is 0 Å². The predicted octanol–water partition coefficient (Wildman–Crippen LogP) is 2.19. The summed E-state index contributed by atoms with van der Waals surface area (Å²) < 4.78 is 0. The van der Waals surface area contributed by atoms with Crippen LogP contribution < -0.4 is 10.6 Å². The van der Waals surface area contributed by atoms with E-state index in [0.717, 1.165) is 65.2 Å². The molecule has 2 saturated heterocycles. The summed E-state index contributed by atoms with van der Waals surface area (Å²) in [6.07, 6.45) is 1.98. The Labute approximate surface area is 180 Å². The molecule has 8 heteroatoms. The lowest BCUT2D eigenvalue weighted by molar-refractivity contribution is 0.0963. The van der Waals surface area contributed by atoms with Gasteiger partial charge in [0, 0.05) is 50.9 Å². The third-order valence-corrected chi connectivity index (χ3v) is 6.60. The predicted molar refractivity (Wildman–Crippen MR) is 124 cm³/mol. The summed E-state index contributed by atoms with van der Waals surface area (Å²) in [6.45, 7) is 6.79. The lowest BCUT2D eigenvalue weighted by Gasteiger charge is -2.48. The zero-order chi connectivity index (χ0) is 20.9. The number of piperazine rings is 1. The van der Waals surface area contributed by atoms with Gasteiger partial charge < -0.3 is 20.5 Å². The zero-order valence-electron chi connectivity index (χ0n) is 17.6. The highest BCUT2D eigenvalue weighted by Crippen LogP contribution is 2.28. The zero-order valence-corrected chi connectivity index (χ0v) is 17.6. The van der Waals surface area contributed by atoms with E-state index >= 15 is 0 Å². The standard InChI is InChI=1S/C23H26N8/c1-29-6-8-30(9-7-29)17-13-31(14-17)16-11-22-19(25-12-16)5-4-18(26-22)15-2-3-20-21(10-15)28-23(24)27-20/h2-5,10-12,17H,6-9,13-14H2,1H3,(H3,24,27,28). The maximum Gasteiger partial charge on any atom is 0.198 e. The second kappa shape index (κ2) is 7.18. The molecule has 0 atom stereocenters. The van der Waals surface area contributed by atoms with Gasteiger partial charge in [-0.15, -0.1) is 0 Å². The number of nitrogen functional groups attached to an aromatic ring is 1. The molecule has 2 aliphatic rings. The maximum absolute atomic E-state index is 5.78. The van der Waals surface area contributed by atoms with Gasteiger partial charge in [-0.25, -0.2) is 9.97 Å². The minimum Gasteiger partial charge on any atom is -0.369 e. The quantitative estimate of drug-likeness (QED) is 0.531. The number of hydrogen-bond donors (Lipinski definition) is 2. The molecule has 2 fully saturated rings. The van der Waals surface area contributed by atoms with Gasteiger partial charge in [-0.2, -0.15) is 0 Å². The molecule has 0 saturated carbocycles. The number of benzene rings is 1. The number of fused-ring (bicyclic) bond motifs is 2. The number of H-pyrrole nitrogens is 1. The first kappa shape index (κ1) is 18.5. The monoisotopic (exact) mass is 414 g/mol. The Morgan fingerprint density at radius 1 is 0.935 bits per heavy atom. The SMILES string of the molecule is CN1CCN(C2CN(c3cnc4ccc(-c5ccc6nc(N)[nH]c6c5)nc4c3)C2)CC1. The summed E-state index contributed by atoms with van der Waals surface area (Å²) in [4.78, 5) is 24.4. The van der Waals surface area contributed by atoms with E-state index in [2.05, 4.69) is 42.8 Å². The van der Waals surface area contributed by atoms with E-state index in [4.69, 9.17) is 10.7 Å². The number of hydrogen-bond acceptors (Lipinski definition) is 7. The highest BCUT2D eigenvalue weighted by molar-refractivity contribution is 5.85. The molecule has 0 aliphatic carbocycles. The first-order valence-corrected chi connectivity index (χ1v) is 10.8. The molecular formula is C23H26N8. The van der Waals surface area contributed by atoms with Crippen LogP contribution in [0.3, 0.4) is 0 Å². The minimum absolute atomic E-state index is 0.428. The summed E-state index contributed by atoms with van der Waals surface area (Å²) in [7, 11) is 2.20. The van der Waals surface area contributed by atoms with Gasteiger partial charge in [-0.3, -0.25) is 9.88 Å². The fourth-order valence-electron chi connectivity index (χ4n) is 4.60. The van der Waals surface area contributed by atoms with Gasteiger partial charge in [0.2, 0.25) is 0 Å². The van der Waals surface area contributed by atoms with Crippen molar-refractivity contribution in [1.82, 2.24) is 29.7 Å². The molecule has 158 valence electrons. The fraction of sp³-hybridized carbons (Fsp3) is 0.348. The van der Waals surface area contributed by atoms with Crippen molar-refractivity contribution in [1.29, 1.82) is 0 Å². The summed E-state index contributed by atoms with van der Waals surface area (Å²) in [5.41, 5.74) is 12.5. The number of pyridine rings is 2. The van der Waals surface area contributed by atoms with Crippen molar-refractivity contribution >= 4 is 33.7 Å². The molecule has 0 amide bonds. The highest BCUT2D eigenvalue weighted by Gasteiger charge is 2.33. The minimum atomic E-state index is 0.428. The van der Waals surface area contributed by atoms with Gasteiger partial charge in [0.25, 0.3) is 0 Å². The van der Waals surface area contributed by atoms with Crippen LogP contribution in [0.5, 0.6) is 0 Å². The van der Waals surface area contributed by atoms with Crippen LogP contribution in [0.4, 0.5) is 11.6 Å². The van der Waals surface area contributed by atoms with Crippen molar-refractivity contribution in [3.8, 4) is 11.3 Å². The van der Waals surface area contributed by atoms with E-state index in [0.29, 0.717) is 12.0 Å². The lowest BCUT2D eigenvalue weighted by Crippen LogP contribution is -2.63. The van der Waals surface area contributed by atoms with E-state index in [-0.39, 0.29) is 0 Å². The van der Waals surface area contributed by atoms with Crippen molar-refractivity contribution in [2.24, 2.45) is 0 Å². The Balaban J connectivity index is 1.23. The van der Waals surface area contributed by atoms with Crippen LogP contribution in [0.15, 0.2) is 42.6 Å². The molecular weight excluding hydrogens is 388 g/mol. The molecule has 6 rings (SSSR count). The first-order valence-electron chi connectivity index (χ1n) is 10.8. The van der Waals surface area contributed by atoms with Gasteiger partial charge in [0.1, 0.15) is 0 Å². The number of likely N-dealkylation sites (N-methyl/N-ethyl adjacent to an activating group) is 1. The van der Waals surface area contributed by atoms with Crippen LogP contribution in [-0.4, -0.2) is 82.1 Å². The van der Waals surface area contributed by atoms with Gasteiger partial charge in [0.05, 0.1) is 39.6 Å². The second-order valence-corrected chi connectivity index (χ2v) is 8.68. The average molecular weight is 415 g/mol. The van der Waals surface area contributed by atoms with Gasteiger partial charge in [-0.1, -0.05) is 6.07 Å². The van der Waals surface area contributed by atoms with Crippen LogP contribution in [0, 0.1) is 0 Å². The summed E-state index contributed by atoms with van der Waals surface area (Å²) in [5.74, 6) is 0.428. The maximum atomic E-state index is 5.78. The topological polar surface area (TPSA) is 90.2 Å². The number of nitrogens with two attached hydrogens (primary N) is 1. The van der Waals surface area contributed by atoms with Crippen molar-refractivity contribution < 1.29 is 0 Å². The van der Waals surface area contributed by atoms with Gasteiger partial charge >= 0.3 is 0 Å². The van der Waals surface area contributed by atoms with E-state index in [1.807, 2.05) is 36.5 Å². The van der Waals surface area contributed by atoms with E-state index in [1.165, 1.54) is 13.1 Å². The Morgan fingerprint density at radius 3 is 2.58 bits per heavy atom. The molecule has 0 bridgehead atoms. The van der Waals surface area contributed by atoms with Gasteiger partial charge in [-0.05, 0) is 37.4 Å². The molecule has 3 aromatic heterocycles. The molecule has 8 nitrogen and oxygen atoms in total. The Hall–Kier alpha value is -3.23. The molecule has 0 spiro atoms. The molecule has 5 heterocycles. The highest BCUT2D eigenvalue weighted by atomic mass is 15.3. The molecule has 31 heavy (non-hydrogen) atoms. The Bertz CT molecular complexity index is 1250. The normalized spacial score (nSPS) is 18.7. The molecule has 4 aromatic rings. The van der Waals surface area contributed by atoms with Crippen LogP contribution in [0.1, 0.15) is 0 Å². The smallest absolute Gasteiger partial charge is 0.198 e. The number of aromatic nitrogens is 4. The van der Waals surface area contributed by atoms with Gasteiger partial charge in [0.15, 0.2) is 5.95 Å². The summed E-state index contributed by atoms with van der Waals surface area (Å²) in [6, 6.07) is 12.9. The fourth-order valence-corrected chi connectivity index (χ4v) is 4.60. The van der Waals surface area contributed by atoms with Crippen molar-refractivity contribution in [2.45, 2.75) is 6.04 Å². The average Bonchev–Trinajstić information content (AvgIpc) is 3.12. The third kappa shape index (κ3) is 3.37. The number of aromatic amines is 1. The molecule has 0 unspecified atom stereocenters. The van der Waals surface area contributed by atoms with Crippen molar-refractivity contribution in [2.75, 3.05) is 56.9 Å². The Morgan fingerprint density at radius 2 is 1.74 bits per heavy atom. The number of nitrogens with one attached hydrogen (secondary N) is 1.